The molecule has 0 aromatic carbocycles. The van der Waals surface area contributed by atoms with Gasteiger partial charge < -0.3 is 4.74 Å². The Morgan fingerprint density at radius 3 is 2.71 bits per heavy atom. The zero-order chi connectivity index (χ0) is 5.54. The van der Waals surface area contributed by atoms with E-state index in [2.05, 4.69) is 4.29 Å². The van der Waals surface area contributed by atoms with E-state index >= 15 is 0 Å². The third-order valence-electron chi connectivity index (χ3n) is 0.476. The standard InChI is InChI=1S/C3H9ClO2Si/c4-6-3-5-1-2-7/h1-3H2,7H3. The summed E-state index contributed by atoms with van der Waals surface area (Å²) in [4.78, 5) is 0. The summed E-state index contributed by atoms with van der Waals surface area (Å²) >= 11 is 4.82. The van der Waals surface area contributed by atoms with Gasteiger partial charge in [0, 0.05) is 16.8 Å². The molecule has 0 aliphatic rings. The quantitative estimate of drug-likeness (QED) is 0.309. The average molecular weight is 141 g/mol. The van der Waals surface area contributed by atoms with Gasteiger partial charge in [-0.2, -0.15) is 0 Å². The number of ether oxygens (including phenoxy) is 1. The molecule has 0 spiro atoms. The van der Waals surface area contributed by atoms with Gasteiger partial charge in [-0.3, -0.25) is 4.29 Å². The van der Waals surface area contributed by atoms with Crippen LogP contribution in [0.4, 0.5) is 0 Å². The van der Waals surface area contributed by atoms with Crippen molar-refractivity contribution in [3.8, 4) is 0 Å². The van der Waals surface area contributed by atoms with Crippen molar-refractivity contribution in [1.82, 2.24) is 0 Å². The molecular formula is C3H9ClO2Si. The van der Waals surface area contributed by atoms with Crippen LogP contribution < -0.4 is 0 Å². The highest BCUT2D eigenvalue weighted by atomic mass is 35.5. The summed E-state index contributed by atoms with van der Waals surface area (Å²) in [6, 6.07) is 1.14. The largest absolute Gasteiger partial charge is 0.354 e. The molecule has 0 bridgehead atoms. The first-order valence-corrected chi connectivity index (χ1v) is 3.95. The SMILES string of the molecule is [SiH3]CCOCOCl. The van der Waals surface area contributed by atoms with E-state index < -0.39 is 0 Å². The Morgan fingerprint density at radius 2 is 2.29 bits per heavy atom. The molecule has 0 atom stereocenters. The van der Waals surface area contributed by atoms with Gasteiger partial charge in [0.2, 0.25) is 0 Å². The van der Waals surface area contributed by atoms with E-state index in [0.29, 0.717) is 0 Å². The summed E-state index contributed by atoms with van der Waals surface area (Å²) < 4.78 is 8.92. The van der Waals surface area contributed by atoms with Crippen LogP contribution in [0.5, 0.6) is 0 Å². The van der Waals surface area contributed by atoms with Crippen LogP contribution in [-0.2, 0) is 9.03 Å². The Morgan fingerprint density at radius 1 is 1.57 bits per heavy atom. The lowest BCUT2D eigenvalue weighted by Crippen LogP contribution is -1.94. The molecule has 7 heavy (non-hydrogen) atoms. The van der Waals surface area contributed by atoms with Crippen molar-refractivity contribution in [1.29, 1.82) is 0 Å². The fraction of sp³-hybridized carbons (Fsp3) is 1.00. The minimum atomic E-state index is 0.212. The lowest BCUT2D eigenvalue weighted by molar-refractivity contribution is 0.0287. The van der Waals surface area contributed by atoms with Crippen LogP contribution in [0.2, 0.25) is 6.04 Å². The van der Waals surface area contributed by atoms with Gasteiger partial charge in [0.05, 0.1) is 11.9 Å². The van der Waals surface area contributed by atoms with Crippen molar-refractivity contribution in [3.63, 3.8) is 0 Å². The minimum absolute atomic E-state index is 0.212. The molecule has 0 amide bonds. The summed E-state index contributed by atoms with van der Waals surface area (Å²) in [5.41, 5.74) is 0. The number of halogens is 1. The maximum Gasteiger partial charge on any atom is 0.166 e. The first-order valence-electron chi connectivity index (χ1n) is 2.23. The molecule has 0 aliphatic heterocycles. The van der Waals surface area contributed by atoms with Crippen molar-refractivity contribution in [3.05, 3.63) is 0 Å². The molecule has 0 saturated heterocycles. The van der Waals surface area contributed by atoms with E-state index in [0.717, 1.165) is 12.7 Å². The summed E-state index contributed by atoms with van der Waals surface area (Å²) in [5, 5.41) is 0. The van der Waals surface area contributed by atoms with Crippen molar-refractivity contribution in [2.75, 3.05) is 13.4 Å². The lowest BCUT2D eigenvalue weighted by atomic mass is 10.9. The Labute approximate surface area is 51.3 Å². The van der Waals surface area contributed by atoms with Gasteiger partial charge in [-0.05, 0) is 6.04 Å². The topological polar surface area (TPSA) is 18.5 Å². The second kappa shape index (κ2) is 6.43. The van der Waals surface area contributed by atoms with E-state index in [-0.39, 0.29) is 6.79 Å². The van der Waals surface area contributed by atoms with Gasteiger partial charge in [0.25, 0.3) is 0 Å². The van der Waals surface area contributed by atoms with Gasteiger partial charge in [0.15, 0.2) is 6.79 Å². The molecule has 0 radical (unpaired) electrons. The monoisotopic (exact) mass is 140 g/mol. The molecule has 0 unspecified atom stereocenters. The molecule has 0 heterocycles. The highest BCUT2D eigenvalue weighted by Crippen LogP contribution is 1.81. The summed E-state index contributed by atoms with van der Waals surface area (Å²) in [5.74, 6) is 0. The molecule has 4 heteroatoms. The Bertz CT molecular complexity index is 32.1. The van der Waals surface area contributed by atoms with Crippen molar-refractivity contribution in [2.24, 2.45) is 0 Å². The van der Waals surface area contributed by atoms with Crippen LogP contribution in [0.1, 0.15) is 0 Å². The van der Waals surface area contributed by atoms with Crippen LogP contribution in [0, 0.1) is 0 Å². The van der Waals surface area contributed by atoms with Crippen LogP contribution in [0.3, 0.4) is 0 Å². The zero-order valence-corrected chi connectivity index (χ0v) is 7.07. The van der Waals surface area contributed by atoms with Crippen LogP contribution >= 0.6 is 11.9 Å². The molecule has 0 aromatic rings. The highest BCUT2D eigenvalue weighted by Gasteiger charge is 1.79. The molecule has 2 nitrogen and oxygen atoms in total. The van der Waals surface area contributed by atoms with E-state index in [9.17, 15) is 0 Å². The van der Waals surface area contributed by atoms with Gasteiger partial charge in [-0.15, -0.1) is 0 Å². The molecule has 0 aromatic heterocycles. The van der Waals surface area contributed by atoms with Gasteiger partial charge in [-0.25, -0.2) is 0 Å². The summed E-state index contributed by atoms with van der Waals surface area (Å²) in [6.45, 7) is 0.989. The normalized spacial score (nSPS) is 9.86. The molecule has 0 aliphatic carbocycles. The van der Waals surface area contributed by atoms with E-state index in [1.54, 1.807) is 0 Å². The predicted octanol–water partition coefficient (Wildman–Crippen LogP) is -0.0854. The summed E-state index contributed by atoms with van der Waals surface area (Å²) in [7, 11) is 1.18. The summed E-state index contributed by atoms with van der Waals surface area (Å²) in [6.07, 6.45) is 0. The first kappa shape index (κ1) is 7.43. The van der Waals surface area contributed by atoms with Crippen molar-refractivity contribution < 1.29 is 9.03 Å². The maximum atomic E-state index is 4.82. The van der Waals surface area contributed by atoms with Gasteiger partial charge in [-0.1, -0.05) is 0 Å². The van der Waals surface area contributed by atoms with Gasteiger partial charge >= 0.3 is 0 Å². The van der Waals surface area contributed by atoms with Crippen LogP contribution in [-0.4, -0.2) is 23.6 Å². The average Bonchev–Trinajstić information content (AvgIpc) is 1.69. The fourth-order valence-electron chi connectivity index (χ4n) is 0.235. The van der Waals surface area contributed by atoms with E-state index in [1.807, 2.05) is 0 Å². The first-order chi connectivity index (χ1) is 3.41. The Balaban J connectivity index is 2.45. The third-order valence-corrected chi connectivity index (χ3v) is 0.974. The second-order valence-electron chi connectivity index (χ2n) is 1.14. The van der Waals surface area contributed by atoms with Crippen molar-refractivity contribution >= 4 is 22.1 Å². The molecule has 0 N–H and O–H groups in total. The predicted molar refractivity (Wildman–Crippen MR) is 32.5 cm³/mol. The molecule has 44 valence electrons. The second-order valence-corrected chi connectivity index (χ2v) is 2.35. The number of hydrogen-bond acceptors (Lipinski definition) is 2. The lowest BCUT2D eigenvalue weighted by Gasteiger charge is -1.94. The fourth-order valence-corrected chi connectivity index (χ4v) is 0.586. The maximum absolute atomic E-state index is 4.82. The number of rotatable bonds is 4. The third kappa shape index (κ3) is 6.43. The molecular weight excluding hydrogens is 132 g/mol. The minimum Gasteiger partial charge on any atom is -0.354 e. The van der Waals surface area contributed by atoms with Crippen LogP contribution in [0.15, 0.2) is 0 Å². The van der Waals surface area contributed by atoms with Crippen molar-refractivity contribution in [2.45, 2.75) is 6.04 Å². The van der Waals surface area contributed by atoms with E-state index in [4.69, 9.17) is 16.6 Å². The van der Waals surface area contributed by atoms with Gasteiger partial charge in [0.1, 0.15) is 0 Å². The Hall–Kier alpha value is 0.427. The zero-order valence-electron chi connectivity index (χ0n) is 4.32. The molecule has 0 saturated carbocycles. The number of hydrogen-bond donors (Lipinski definition) is 0. The Kier molecular flexibility index (Phi) is 6.82. The molecule has 0 fully saturated rings. The smallest absolute Gasteiger partial charge is 0.166 e. The molecule has 0 rings (SSSR count). The van der Waals surface area contributed by atoms with Crippen LogP contribution in [0.25, 0.3) is 0 Å². The van der Waals surface area contributed by atoms with E-state index in [1.165, 1.54) is 10.2 Å². The highest BCUT2D eigenvalue weighted by molar-refractivity contribution is 6.08.